The fraction of sp³-hybridized carbons (Fsp3) is 0.316. The molecule has 0 atom stereocenters. The third kappa shape index (κ3) is 4.83. The molecule has 4 heteroatoms. The second-order valence-electron chi connectivity index (χ2n) is 5.33. The van der Waals surface area contributed by atoms with E-state index in [4.69, 9.17) is 4.74 Å². The highest BCUT2D eigenvalue weighted by molar-refractivity contribution is 5.95. The number of methoxy groups -OCH3 is 1. The lowest BCUT2D eigenvalue weighted by Gasteiger charge is -2.11. The van der Waals surface area contributed by atoms with Crippen LogP contribution in [0, 0.1) is 0 Å². The largest absolute Gasteiger partial charge is 0.496 e. The van der Waals surface area contributed by atoms with Gasteiger partial charge in [0.15, 0.2) is 0 Å². The van der Waals surface area contributed by atoms with Crippen molar-refractivity contribution in [3.63, 3.8) is 0 Å². The molecule has 2 N–H and O–H groups in total. The topological polar surface area (TPSA) is 50.4 Å². The van der Waals surface area contributed by atoms with Crippen molar-refractivity contribution in [1.29, 1.82) is 0 Å². The molecule has 2 aromatic rings. The molecule has 0 spiro atoms. The van der Waals surface area contributed by atoms with E-state index >= 15 is 0 Å². The summed E-state index contributed by atoms with van der Waals surface area (Å²) in [6.07, 6.45) is 1.58. The monoisotopic (exact) mass is 312 g/mol. The van der Waals surface area contributed by atoms with Crippen LogP contribution in [0.5, 0.6) is 5.75 Å². The van der Waals surface area contributed by atoms with Crippen molar-refractivity contribution in [3.8, 4) is 5.75 Å². The van der Waals surface area contributed by atoms with E-state index in [1.54, 1.807) is 7.11 Å². The minimum atomic E-state index is -0.0217. The third-order valence-corrected chi connectivity index (χ3v) is 3.78. The molecule has 0 bridgehead atoms. The van der Waals surface area contributed by atoms with Gasteiger partial charge in [-0.15, -0.1) is 0 Å². The molecule has 2 rings (SSSR count). The highest BCUT2D eigenvalue weighted by Crippen LogP contribution is 2.17. The summed E-state index contributed by atoms with van der Waals surface area (Å²) in [7, 11) is 3.57. The molecule has 0 aliphatic rings. The minimum absolute atomic E-state index is 0.0217. The second-order valence-corrected chi connectivity index (χ2v) is 5.33. The van der Waals surface area contributed by atoms with Crippen molar-refractivity contribution in [2.75, 3.05) is 27.2 Å². The maximum absolute atomic E-state index is 12.4. The van der Waals surface area contributed by atoms with Crippen LogP contribution in [0.3, 0.4) is 0 Å². The van der Waals surface area contributed by atoms with Crippen molar-refractivity contribution in [3.05, 3.63) is 65.2 Å². The molecule has 1 amide bonds. The van der Waals surface area contributed by atoms with Crippen molar-refractivity contribution in [2.24, 2.45) is 0 Å². The van der Waals surface area contributed by atoms with Gasteiger partial charge in [-0.2, -0.15) is 0 Å². The van der Waals surface area contributed by atoms with Gasteiger partial charge in [0.1, 0.15) is 5.75 Å². The molecule has 0 saturated carbocycles. The van der Waals surface area contributed by atoms with E-state index in [0.717, 1.165) is 41.8 Å². The van der Waals surface area contributed by atoms with Crippen molar-refractivity contribution >= 4 is 5.91 Å². The van der Waals surface area contributed by atoms with Crippen LogP contribution in [0.2, 0.25) is 0 Å². The maximum atomic E-state index is 12.4. The Kier molecular flexibility index (Phi) is 6.63. The van der Waals surface area contributed by atoms with Gasteiger partial charge < -0.3 is 15.4 Å². The number of hydrogen-bond donors (Lipinski definition) is 2. The summed E-state index contributed by atoms with van der Waals surface area (Å²) in [6, 6.07) is 15.6. The maximum Gasteiger partial charge on any atom is 0.251 e. The third-order valence-electron chi connectivity index (χ3n) is 3.78. The normalized spacial score (nSPS) is 10.3. The Balaban J connectivity index is 1.95. The Bertz CT molecular complexity index is 641. The molecule has 0 unspecified atom stereocenters. The standard InChI is InChI=1S/C19H24N2O2/c1-20-13-11-15-7-3-5-9-17(15)19(22)21-14-12-16-8-4-6-10-18(16)23-2/h3-10,20H,11-14H2,1-2H3,(H,21,22). The number of benzene rings is 2. The van der Waals surface area contributed by atoms with E-state index in [2.05, 4.69) is 10.6 Å². The zero-order valence-corrected chi connectivity index (χ0v) is 13.8. The summed E-state index contributed by atoms with van der Waals surface area (Å²) in [5.41, 5.74) is 2.91. The lowest BCUT2D eigenvalue weighted by atomic mass is 10.0. The van der Waals surface area contributed by atoms with Gasteiger partial charge in [0, 0.05) is 12.1 Å². The summed E-state index contributed by atoms with van der Waals surface area (Å²) in [5, 5.41) is 6.11. The summed E-state index contributed by atoms with van der Waals surface area (Å²) < 4.78 is 5.33. The number of carbonyl (C=O) groups excluding carboxylic acids is 1. The Morgan fingerprint density at radius 2 is 1.61 bits per heavy atom. The molecule has 0 heterocycles. The molecule has 4 nitrogen and oxygen atoms in total. The van der Waals surface area contributed by atoms with Gasteiger partial charge in [-0.3, -0.25) is 4.79 Å². The lowest BCUT2D eigenvalue weighted by Crippen LogP contribution is -2.27. The highest BCUT2D eigenvalue weighted by atomic mass is 16.5. The first-order valence-corrected chi connectivity index (χ1v) is 7.89. The second kappa shape index (κ2) is 8.96. The van der Waals surface area contributed by atoms with Gasteiger partial charge in [0.2, 0.25) is 0 Å². The summed E-state index contributed by atoms with van der Waals surface area (Å²) >= 11 is 0. The number of ether oxygens (including phenoxy) is 1. The number of para-hydroxylation sites is 1. The van der Waals surface area contributed by atoms with E-state index in [1.165, 1.54) is 0 Å². The quantitative estimate of drug-likeness (QED) is 0.787. The Morgan fingerprint density at radius 1 is 0.957 bits per heavy atom. The molecule has 2 aromatic carbocycles. The van der Waals surface area contributed by atoms with E-state index < -0.39 is 0 Å². The molecular weight excluding hydrogens is 288 g/mol. The predicted molar refractivity (Wildman–Crippen MR) is 93.1 cm³/mol. The van der Waals surface area contributed by atoms with Crippen molar-refractivity contribution in [2.45, 2.75) is 12.8 Å². The number of rotatable bonds is 8. The van der Waals surface area contributed by atoms with Gasteiger partial charge in [-0.1, -0.05) is 36.4 Å². The molecule has 0 radical (unpaired) electrons. The fourth-order valence-electron chi connectivity index (χ4n) is 2.53. The Morgan fingerprint density at radius 3 is 2.35 bits per heavy atom. The number of likely N-dealkylation sites (N-methyl/N-ethyl adjacent to an activating group) is 1. The summed E-state index contributed by atoms with van der Waals surface area (Å²) in [4.78, 5) is 12.4. The smallest absolute Gasteiger partial charge is 0.251 e. The lowest BCUT2D eigenvalue weighted by molar-refractivity contribution is 0.0953. The molecule has 0 aliphatic heterocycles. The zero-order valence-electron chi connectivity index (χ0n) is 13.8. The van der Waals surface area contributed by atoms with Crippen LogP contribution in [-0.4, -0.2) is 33.2 Å². The van der Waals surface area contributed by atoms with Crippen molar-refractivity contribution in [1.82, 2.24) is 10.6 Å². The van der Waals surface area contributed by atoms with E-state index in [-0.39, 0.29) is 5.91 Å². The van der Waals surface area contributed by atoms with E-state index in [9.17, 15) is 4.79 Å². The molecular formula is C19H24N2O2. The molecule has 0 aromatic heterocycles. The van der Waals surface area contributed by atoms with E-state index in [0.29, 0.717) is 6.54 Å². The minimum Gasteiger partial charge on any atom is -0.496 e. The summed E-state index contributed by atoms with van der Waals surface area (Å²) in [5.74, 6) is 0.836. The SMILES string of the molecule is CNCCc1ccccc1C(=O)NCCc1ccccc1OC. The van der Waals surface area contributed by atoms with Gasteiger partial charge in [0.25, 0.3) is 5.91 Å². The summed E-state index contributed by atoms with van der Waals surface area (Å²) in [6.45, 7) is 1.44. The van der Waals surface area contributed by atoms with Crippen molar-refractivity contribution < 1.29 is 9.53 Å². The van der Waals surface area contributed by atoms with Crippen LogP contribution < -0.4 is 15.4 Å². The van der Waals surface area contributed by atoms with Crippen LogP contribution in [0.4, 0.5) is 0 Å². The highest BCUT2D eigenvalue weighted by Gasteiger charge is 2.10. The van der Waals surface area contributed by atoms with Crippen LogP contribution in [0.1, 0.15) is 21.5 Å². The Labute approximate surface area is 137 Å². The van der Waals surface area contributed by atoms with Gasteiger partial charge >= 0.3 is 0 Å². The van der Waals surface area contributed by atoms with Gasteiger partial charge in [0.05, 0.1) is 7.11 Å². The average Bonchev–Trinajstić information content (AvgIpc) is 2.60. The fourth-order valence-corrected chi connectivity index (χ4v) is 2.53. The molecule has 0 saturated heterocycles. The number of hydrogen-bond acceptors (Lipinski definition) is 3. The van der Waals surface area contributed by atoms with Crippen LogP contribution in [0.25, 0.3) is 0 Å². The van der Waals surface area contributed by atoms with Crippen LogP contribution in [-0.2, 0) is 12.8 Å². The zero-order chi connectivity index (χ0) is 16.5. The van der Waals surface area contributed by atoms with E-state index in [1.807, 2.05) is 55.6 Å². The Hall–Kier alpha value is -2.33. The average molecular weight is 312 g/mol. The molecule has 0 fully saturated rings. The number of carbonyl (C=O) groups is 1. The molecule has 122 valence electrons. The van der Waals surface area contributed by atoms with Gasteiger partial charge in [-0.25, -0.2) is 0 Å². The van der Waals surface area contributed by atoms with Crippen LogP contribution in [0.15, 0.2) is 48.5 Å². The number of nitrogens with one attached hydrogen (secondary N) is 2. The van der Waals surface area contributed by atoms with Gasteiger partial charge in [-0.05, 0) is 49.7 Å². The van der Waals surface area contributed by atoms with Crippen LogP contribution >= 0.6 is 0 Å². The predicted octanol–water partition coefficient (Wildman–Crippen LogP) is 2.43. The first kappa shape index (κ1) is 17.0. The first-order chi connectivity index (χ1) is 11.3. The molecule has 0 aliphatic carbocycles. The number of amides is 1. The molecule has 23 heavy (non-hydrogen) atoms. The first-order valence-electron chi connectivity index (χ1n) is 7.89.